The van der Waals surface area contributed by atoms with Crippen molar-refractivity contribution in [2.45, 2.75) is 5.92 Å². The Labute approximate surface area is 89.1 Å². The van der Waals surface area contributed by atoms with Crippen LogP contribution in [-0.2, 0) is 17.8 Å². The maximum atomic E-state index is 13.4. The van der Waals surface area contributed by atoms with Gasteiger partial charge in [0.05, 0.1) is 5.56 Å². The summed E-state index contributed by atoms with van der Waals surface area (Å²) in [5, 5.41) is 8.63. The molecule has 84 valence electrons. The summed E-state index contributed by atoms with van der Waals surface area (Å²) in [6, 6.07) is 2.91. The number of hydrogen-bond donors (Lipinski definition) is 1. The minimum absolute atomic E-state index is 0.150. The number of fused-ring (bicyclic) bond motifs is 1. The summed E-state index contributed by atoms with van der Waals surface area (Å²) in [6.45, 7) is 0. The van der Waals surface area contributed by atoms with Gasteiger partial charge < -0.3 is 9.67 Å². The van der Waals surface area contributed by atoms with Crippen molar-refractivity contribution in [2.75, 3.05) is 0 Å². The summed E-state index contributed by atoms with van der Waals surface area (Å²) < 4.78 is 28.1. The van der Waals surface area contributed by atoms with Crippen molar-refractivity contribution in [3.8, 4) is 0 Å². The Balaban J connectivity index is 2.75. The molecular formula is C10H8F2N2O2. The first-order valence-electron chi connectivity index (χ1n) is 4.46. The predicted molar refractivity (Wildman–Crippen MR) is 52.2 cm³/mol. The van der Waals surface area contributed by atoms with Crippen molar-refractivity contribution in [3.05, 3.63) is 30.1 Å². The van der Waals surface area contributed by atoms with Crippen LogP contribution in [0.15, 0.2) is 24.5 Å². The molecule has 0 amide bonds. The first kappa shape index (κ1) is 10.5. The first-order chi connectivity index (χ1) is 7.44. The molecule has 0 unspecified atom stereocenters. The molecule has 2 rings (SSSR count). The Morgan fingerprint density at radius 1 is 1.56 bits per heavy atom. The monoisotopic (exact) mass is 226 g/mol. The van der Waals surface area contributed by atoms with Gasteiger partial charge in [-0.05, 0) is 12.1 Å². The molecule has 16 heavy (non-hydrogen) atoms. The third-order valence-electron chi connectivity index (χ3n) is 2.34. The van der Waals surface area contributed by atoms with Crippen LogP contribution >= 0.6 is 0 Å². The van der Waals surface area contributed by atoms with Crippen molar-refractivity contribution in [1.29, 1.82) is 0 Å². The molecule has 0 saturated carbocycles. The first-order valence-corrected chi connectivity index (χ1v) is 4.46. The maximum absolute atomic E-state index is 13.4. The fraction of sp³-hybridized carbons (Fsp3) is 0.200. The van der Waals surface area contributed by atoms with Gasteiger partial charge in [0.1, 0.15) is 5.65 Å². The maximum Gasteiger partial charge on any atom is 0.379 e. The molecule has 4 nitrogen and oxygen atoms in total. The standard InChI is InChI=1S/C10H8F2N2O2/c1-14-5-7(10(11,12)9(15)16)6-3-2-4-13-8(6)14/h2-5H,1H3,(H,15,16). The number of aryl methyl sites for hydroxylation is 1. The van der Waals surface area contributed by atoms with Gasteiger partial charge in [0.15, 0.2) is 0 Å². The normalized spacial score (nSPS) is 11.9. The van der Waals surface area contributed by atoms with Gasteiger partial charge in [-0.3, -0.25) is 0 Å². The van der Waals surface area contributed by atoms with Gasteiger partial charge in [-0.1, -0.05) is 0 Å². The van der Waals surface area contributed by atoms with Crippen LogP contribution in [0.4, 0.5) is 8.78 Å². The number of carbonyl (C=O) groups is 1. The van der Waals surface area contributed by atoms with Crippen LogP contribution in [-0.4, -0.2) is 20.6 Å². The number of aliphatic carboxylic acids is 1. The third-order valence-corrected chi connectivity index (χ3v) is 2.34. The number of halogens is 2. The number of aromatic nitrogens is 2. The van der Waals surface area contributed by atoms with Gasteiger partial charge in [-0.2, -0.15) is 8.78 Å². The van der Waals surface area contributed by atoms with Crippen LogP contribution in [0.5, 0.6) is 0 Å². The van der Waals surface area contributed by atoms with E-state index < -0.39 is 17.5 Å². The van der Waals surface area contributed by atoms with Crippen LogP contribution in [0.2, 0.25) is 0 Å². The predicted octanol–water partition coefficient (Wildman–Crippen LogP) is 1.75. The Morgan fingerprint density at radius 2 is 2.25 bits per heavy atom. The summed E-state index contributed by atoms with van der Waals surface area (Å²) in [4.78, 5) is 14.4. The van der Waals surface area contributed by atoms with E-state index in [1.54, 1.807) is 0 Å². The van der Waals surface area contributed by atoms with E-state index in [0.717, 1.165) is 6.20 Å². The second-order valence-electron chi connectivity index (χ2n) is 3.41. The highest BCUT2D eigenvalue weighted by Gasteiger charge is 2.43. The van der Waals surface area contributed by atoms with E-state index >= 15 is 0 Å². The molecule has 2 aromatic heterocycles. The number of rotatable bonds is 2. The summed E-state index contributed by atoms with van der Waals surface area (Å²) >= 11 is 0. The lowest BCUT2D eigenvalue weighted by atomic mass is 10.1. The Bertz CT molecular complexity index is 563. The van der Waals surface area contributed by atoms with Gasteiger partial charge in [-0.25, -0.2) is 9.78 Å². The highest BCUT2D eigenvalue weighted by molar-refractivity contribution is 5.88. The molecule has 0 aliphatic rings. The zero-order valence-electron chi connectivity index (χ0n) is 8.32. The number of hydrogen-bond acceptors (Lipinski definition) is 2. The number of nitrogens with zero attached hydrogens (tertiary/aromatic N) is 2. The van der Waals surface area contributed by atoms with Gasteiger partial charge in [0.2, 0.25) is 0 Å². The van der Waals surface area contributed by atoms with Crippen molar-refractivity contribution in [1.82, 2.24) is 9.55 Å². The zero-order valence-corrected chi connectivity index (χ0v) is 8.32. The van der Waals surface area contributed by atoms with E-state index in [9.17, 15) is 13.6 Å². The molecule has 0 saturated heterocycles. The molecule has 0 bridgehead atoms. The topological polar surface area (TPSA) is 55.1 Å². The van der Waals surface area contributed by atoms with Crippen molar-refractivity contribution in [3.63, 3.8) is 0 Å². The van der Waals surface area contributed by atoms with Crippen LogP contribution in [0.3, 0.4) is 0 Å². The summed E-state index contributed by atoms with van der Waals surface area (Å²) in [7, 11) is 1.54. The number of carboxylic acids is 1. The van der Waals surface area contributed by atoms with Crippen molar-refractivity contribution in [2.24, 2.45) is 7.05 Å². The number of alkyl halides is 2. The lowest BCUT2D eigenvalue weighted by Gasteiger charge is -2.09. The van der Waals surface area contributed by atoms with E-state index in [1.807, 2.05) is 0 Å². The highest BCUT2D eigenvalue weighted by atomic mass is 19.3. The van der Waals surface area contributed by atoms with Crippen molar-refractivity contribution >= 4 is 17.0 Å². The van der Waals surface area contributed by atoms with Gasteiger partial charge in [-0.15, -0.1) is 0 Å². The quantitative estimate of drug-likeness (QED) is 0.848. The van der Waals surface area contributed by atoms with E-state index in [2.05, 4.69) is 4.98 Å². The average molecular weight is 226 g/mol. The molecule has 0 aliphatic carbocycles. The van der Waals surface area contributed by atoms with Crippen LogP contribution in [0, 0.1) is 0 Å². The van der Waals surface area contributed by atoms with E-state index in [4.69, 9.17) is 5.11 Å². The molecule has 6 heteroatoms. The van der Waals surface area contributed by atoms with E-state index in [1.165, 1.54) is 29.9 Å². The SMILES string of the molecule is Cn1cc(C(F)(F)C(=O)O)c2cccnc21. The van der Waals surface area contributed by atoms with Gasteiger partial charge >= 0.3 is 11.9 Å². The summed E-state index contributed by atoms with van der Waals surface area (Å²) in [5.41, 5.74) is -0.205. The fourth-order valence-corrected chi connectivity index (χ4v) is 1.58. The molecular weight excluding hydrogens is 218 g/mol. The molecule has 0 aliphatic heterocycles. The van der Waals surface area contributed by atoms with E-state index in [0.29, 0.717) is 5.65 Å². The van der Waals surface area contributed by atoms with Crippen LogP contribution in [0.25, 0.3) is 11.0 Å². The largest absolute Gasteiger partial charge is 0.477 e. The molecule has 0 spiro atoms. The molecule has 2 heterocycles. The van der Waals surface area contributed by atoms with Crippen molar-refractivity contribution < 1.29 is 18.7 Å². The average Bonchev–Trinajstić information content (AvgIpc) is 2.57. The Morgan fingerprint density at radius 3 is 2.88 bits per heavy atom. The molecule has 1 N–H and O–H groups in total. The highest BCUT2D eigenvalue weighted by Crippen LogP contribution is 2.34. The second-order valence-corrected chi connectivity index (χ2v) is 3.41. The smallest absolute Gasteiger partial charge is 0.379 e. The summed E-state index contributed by atoms with van der Waals surface area (Å²) in [5.74, 6) is -6.06. The second kappa shape index (κ2) is 3.26. The minimum atomic E-state index is -3.90. The van der Waals surface area contributed by atoms with Gasteiger partial charge in [0.25, 0.3) is 0 Å². The Kier molecular flexibility index (Phi) is 2.15. The molecule has 0 radical (unpaired) electrons. The number of pyridine rings is 1. The Hall–Kier alpha value is -1.98. The minimum Gasteiger partial charge on any atom is -0.477 e. The van der Waals surface area contributed by atoms with Crippen LogP contribution < -0.4 is 0 Å². The lowest BCUT2D eigenvalue weighted by Crippen LogP contribution is -2.24. The molecule has 0 fully saturated rings. The fourth-order valence-electron chi connectivity index (χ4n) is 1.58. The molecule has 0 atom stereocenters. The molecule has 2 aromatic rings. The third kappa shape index (κ3) is 1.34. The zero-order chi connectivity index (χ0) is 11.9. The van der Waals surface area contributed by atoms with Gasteiger partial charge in [0, 0.05) is 24.8 Å². The van der Waals surface area contributed by atoms with Crippen LogP contribution in [0.1, 0.15) is 5.56 Å². The summed E-state index contributed by atoms with van der Waals surface area (Å²) in [6.07, 6.45) is 2.55. The van der Waals surface area contributed by atoms with E-state index in [-0.39, 0.29) is 5.39 Å². The number of carboxylic acid groups (broad SMARTS) is 1. The lowest BCUT2D eigenvalue weighted by molar-refractivity contribution is -0.166. The molecule has 0 aromatic carbocycles.